The number of hydrogen-bond acceptors (Lipinski definition) is 9. The van der Waals surface area contributed by atoms with E-state index in [4.69, 9.17) is 9.47 Å². The summed E-state index contributed by atoms with van der Waals surface area (Å²) in [5.74, 6) is -2.04. The number of likely N-dealkylation sites (N-methyl/N-ethyl adjacent to an activating group) is 2. The van der Waals surface area contributed by atoms with Gasteiger partial charge in [-0.25, -0.2) is 4.79 Å². The fraction of sp³-hybridized carbons (Fsp3) is 0.646. The van der Waals surface area contributed by atoms with Gasteiger partial charge in [-0.2, -0.15) is 0 Å². The highest BCUT2D eigenvalue weighted by molar-refractivity contribution is 5.90. The Morgan fingerprint density at radius 2 is 1.51 bits per heavy atom. The molecule has 1 aliphatic heterocycles. The molecule has 4 amide bonds. The molecule has 8 atom stereocenters. The summed E-state index contributed by atoms with van der Waals surface area (Å²) < 4.78 is 11.0. The van der Waals surface area contributed by atoms with E-state index in [9.17, 15) is 24.0 Å². The number of hydrogen-bond donors (Lipinski definition) is 3. The molecule has 0 bridgehead atoms. The van der Waals surface area contributed by atoms with E-state index in [-0.39, 0.29) is 66.3 Å². The van der Waals surface area contributed by atoms with Gasteiger partial charge in [0.05, 0.1) is 31.2 Å². The Kier molecular flexibility index (Phi) is 20.7. The number of anilines is 1. The zero-order valence-electron chi connectivity index (χ0n) is 39.0. The maximum Gasteiger partial charge on any atom is 0.328 e. The first kappa shape index (κ1) is 50.9. The minimum Gasteiger partial charge on any atom is -0.467 e. The van der Waals surface area contributed by atoms with Crippen molar-refractivity contribution in [3.8, 4) is 0 Å². The van der Waals surface area contributed by atoms with E-state index >= 15 is 0 Å². The summed E-state index contributed by atoms with van der Waals surface area (Å²) >= 11 is 0. The number of likely N-dealkylation sites (tertiary alicyclic amines) is 1. The van der Waals surface area contributed by atoms with Gasteiger partial charge >= 0.3 is 5.97 Å². The van der Waals surface area contributed by atoms with Crippen LogP contribution in [-0.2, 0) is 46.3 Å². The van der Waals surface area contributed by atoms with Crippen LogP contribution < -0.4 is 16.0 Å². The van der Waals surface area contributed by atoms with Crippen molar-refractivity contribution in [2.75, 3.05) is 53.8 Å². The zero-order valence-corrected chi connectivity index (χ0v) is 39.0. The van der Waals surface area contributed by atoms with Crippen LogP contribution in [0.15, 0.2) is 54.6 Å². The Morgan fingerprint density at radius 1 is 0.852 bits per heavy atom. The number of carbonyl (C=O) groups excluding carboxylic acids is 5. The fourth-order valence-corrected chi connectivity index (χ4v) is 8.75. The number of nitrogens with zero attached hydrogens (tertiary/aromatic N) is 3. The maximum atomic E-state index is 14.4. The molecular weight excluding hydrogens is 773 g/mol. The quantitative estimate of drug-likeness (QED) is 0.116. The molecule has 8 unspecified atom stereocenters. The predicted molar refractivity (Wildman–Crippen MR) is 242 cm³/mol. The molecule has 0 saturated carbocycles. The van der Waals surface area contributed by atoms with Crippen molar-refractivity contribution >= 4 is 35.3 Å². The van der Waals surface area contributed by atoms with Crippen molar-refractivity contribution < 1.29 is 33.4 Å². The zero-order chi connectivity index (χ0) is 45.4. The summed E-state index contributed by atoms with van der Waals surface area (Å²) in [7, 11) is 8.49. The standard InChI is InChI=1S/C48H76N6O7/c1-13-33(6)39(53(10)47(58)42(31(2)3)51-46(57)43(32(4)5)52(9)29-27-35-21-23-37(49-8)24-22-35)25-26-41(55)54-28-17-20-40(54)44(60-11)34(7)45(56)50-38(48(59)61-12)30-36-18-15-14-16-19-36/h14-16,18-19,21-24,31-34,38-40,42-44,49H,13,17,20,25-30H2,1-12H3,(H,50,56)(H,51,57). The van der Waals surface area contributed by atoms with Crippen molar-refractivity contribution in [1.82, 2.24) is 25.3 Å². The van der Waals surface area contributed by atoms with Gasteiger partial charge in [-0.15, -0.1) is 0 Å². The van der Waals surface area contributed by atoms with Crippen LogP contribution >= 0.6 is 0 Å². The first-order valence-electron chi connectivity index (χ1n) is 22.3. The van der Waals surface area contributed by atoms with Crippen molar-refractivity contribution in [2.45, 2.75) is 130 Å². The second kappa shape index (κ2) is 24.8. The third-order valence-corrected chi connectivity index (χ3v) is 12.7. The van der Waals surface area contributed by atoms with Crippen LogP contribution in [0.1, 0.15) is 91.7 Å². The molecule has 0 spiro atoms. The number of nitrogens with one attached hydrogen (secondary N) is 3. The Hall–Kier alpha value is -4.49. The number of rotatable bonds is 24. The van der Waals surface area contributed by atoms with Gasteiger partial charge in [-0.05, 0) is 73.7 Å². The Labute approximate surface area is 366 Å². The maximum absolute atomic E-state index is 14.4. The highest BCUT2D eigenvalue weighted by Gasteiger charge is 2.41. The van der Waals surface area contributed by atoms with Gasteiger partial charge in [-0.1, -0.05) is 97.4 Å². The summed E-state index contributed by atoms with van der Waals surface area (Å²) in [6.07, 6.45) is 3.34. The summed E-state index contributed by atoms with van der Waals surface area (Å²) in [6.45, 7) is 15.1. The van der Waals surface area contributed by atoms with Crippen molar-refractivity contribution in [2.24, 2.45) is 23.7 Å². The SMILES string of the molecule is CCC(C)C(CCC(=O)N1CCCC1C(OC)C(C)C(=O)NC(Cc1ccccc1)C(=O)OC)N(C)C(=O)C(NC(=O)C(C(C)C)N(C)CCc1ccc(NC)cc1)C(C)C. The number of carbonyl (C=O) groups is 5. The molecule has 3 rings (SSSR count). The molecule has 1 aliphatic rings. The van der Waals surface area contributed by atoms with Crippen LogP contribution in [0.5, 0.6) is 0 Å². The highest BCUT2D eigenvalue weighted by atomic mass is 16.5. The monoisotopic (exact) mass is 849 g/mol. The van der Waals surface area contributed by atoms with Crippen molar-refractivity contribution in [3.63, 3.8) is 0 Å². The van der Waals surface area contributed by atoms with Gasteiger partial charge in [-0.3, -0.25) is 24.1 Å². The molecule has 2 aromatic carbocycles. The summed E-state index contributed by atoms with van der Waals surface area (Å²) in [6, 6.07) is 15.1. The summed E-state index contributed by atoms with van der Waals surface area (Å²) in [4.78, 5) is 74.5. The summed E-state index contributed by atoms with van der Waals surface area (Å²) in [5, 5.41) is 9.16. The van der Waals surface area contributed by atoms with Crippen LogP contribution in [0.4, 0.5) is 5.69 Å². The largest absolute Gasteiger partial charge is 0.467 e. The van der Waals surface area contributed by atoms with E-state index in [1.807, 2.05) is 89.2 Å². The number of benzene rings is 2. The average Bonchev–Trinajstić information content (AvgIpc) is 3.74. The van der Waals surface area contributed by atoms with E-state index in [0.29, 0.717) is 25.9 Å². The van der Waals surface area contributed by atoms with Gasteiger partial charge in [0.1, 0.15) is 12.1 Å². The number of amides is 4. The average molecular weight is 849 g/mol. The third-order valence-electron chi connectivity index (χ3n) is 12.7. The molecule has 1 saturated heterocycles. The Morgan fingerprint density at radius 3 is 2.07 bits per heavy atom. The Bertz CT molecular complexity index is 1690. The lowest BCUT2D eigenvalue weighted by atomic mass is 9.91. The Balaban J connectivity index is 1.69. The highest BCUT2D eigenvalue weighted by Crippen LogP contribution is 2.29. The fourth-order valence-electron chi connectivity index (χ4n) is 8.75. The van der Waals surface area contributed by atoms with Crippen LogP contribution in [0.2, 0.25) is 0 Å². The first-order chi connectivity index (χ1) is 29.0. The topological polar surface area (TPSA) is 150 Å². The van der Waals surface area contributed by atoms with E-state index in [2.05, 4.69) is 46.8 Å². The second-order valence-electron chi connectivity index (χ2n) is 17.6. The van der Waals surface area contributed by atoms with E-state index in [0.717, 1.165) is 30.5 Å². The van der Waals surface area contributed by atoms with E-state index in [1.165, 1.54) is 12.7 Å². The number of methoxy groups -OCH3 is 2. The van der Waals surface area contributed by atoms with Crippen LogP contribution in [-0.4, -0.2) is 129 Å². The molecule has 13 nitrogen and oxygen atoms in total. The van der Waals surface area contributed by atoms with Gasteiger partial charge in [0.25, 0.3) is 0 Å². The molecule has 2 aromatic rings. The minimum atomic E-state index is -0.877. The molecule has 0 aliphatic carbocycles. The molecular formula is C48H76N6O7. The normalized spacial score (nSPS) is 17.6. The number of esters is 1. The van der Waals surface area contributed by atoms with Crippen LogP contribution in [0.25, 0.3) is 0 Å². The van der Waals surface area contributed by atoms with E-state index in [1.54, 1.807) is 26.0 Å². The molecule has 3 N–H and O–H groups in total. The van der Waals surface area contributed by atoms with Crippen LogP contribution in [0.3, 0.4) is 0 Å². The summed E-state index contributed by atoms with van der Waals surface area (Å²) in [5.41, 5.74) is 3.11. The molecule has 1 fully saturated rings. The number of ether oxygens (including phenoxy) is 2. The third kappa shape index (κ3) is 14.3. The van der Waals surface area contributed by atoms with Crippen LogP contribution in [0, 0.1) is 23.7 Å². The molecule has 340 valence electrons. The molecule has 1 heterocycles. The lowest BCUT2D eigenvalue weighted by molar-refractivity contribution is -0.147. The minimum absolute atomic E-state index is 0.0112. The molecule has 61 heavy (non-hydrogen) atoms. The van der Waals surface area contributed by atoms with Gasteiger partial charge in [0.15, 0.2) is 0 Å². The van der Waals surface area contributed by atoms with Gasteiger partial charge in [0, 0.05) is 58.9 Å². The van der Waals surface area contributed by atoms with E-state index < -0.39 is 36.1 Å². The first-order valence-corrected chi connectivity index (χ1v) is 22.3. The van der Waals surface area contributed by atoms with Crippen molar-refractivity contribution in [1.29, 1.82) is 0 Å². The second-order valence-corrected chi connectivity index (χ2v) is 17.6. The van der Waals surface area contributed by atoms with Gasteiger partial charge in [0.2, 0.25) is 23.6 Å². The lowest BCUT2D eigenvalue weighted by Crippen LogP contribution is -2.58. The molecule has 13 heteroatoms. The molecule has 0 aromatic heterocycles. The smallest absolute Gasteiger partial charge is 0.328 e. The van der Waals surface area contributed by atoms with Crippen molar-refractivity contribution in [3.05, 3.63) is 65.7 Å². The predicted octanol–water partition coefficient (Wildman–Crippen LogP) is 5.56. The molecule has 0 radical (unpaired) electrons. The lowest BCUT2D eigenvalue weighted by Gasteiger charge is -2.38. The van der Waals surface area contributed by atoms with Gasteiger partial charge < -0.3 is 35.2 Å².